The van der Waals surface area contributed by atoms with E-state index in [4.69, 9.17) is 20.3 Å². The number of allylic oxidation sites excluding steroid dienone is 4. The molecule has 8 nitrogen and oxygen atoms in total. The van der Waals surface area contributed by atoms with Crippen LogP contribution in [0.1, 0.15) is 64.2 Å². The Morgan fingerprint density at radius 2 is 1.97 bits per heavy atom. The quantitative estimate of drug-likeness (QED) is 0.138. The molecule has 5 atom stereocenters. The standard InChI is InChI=1S/C25H39F3NO7P/c26-25(27,28)21-14-18(10-11-24(29,15-30)16-36-37(32,33)34)6-9-23(21)35-12-2-4-17-3-1-5-20-19(13-17)7-8-22(20)31/h1,3,6,17,21-23,30-31H,2,4-5,7-16,29H2,(H2,32,33,34). The molecule has 0 fully saturated rings. The van der Waals surface area contributed by atoms with E-state index in [1.165, 1.54) is 5.57 Å². The molecule has 0 spiro atoms. The molecule has 0 saturated carbocycles. The molecular weight excluding hydrogens is 514 g/mol. The zero-order chi connectivity index (χ0) is 27.3. The number of phosphoric acid groups is 1. The fourth-order valence-electron chi connectivity index (χ4n) is 5.42. The lowest BCUT2D eigenvalue weighted by molar-refractivity contribution is -0.208. The van der Waals surface area contributed by atoms with Gasteiger partial charge < -0.3 is 30.5 Å². The van der Waals surface area contributed by atoms with Crippen molar-refractivity contribution in [3.8, 4) is 0 Å². The molecule has 3 rings (SSSR count). The van der Waals surface area contributed by atoms with Gasteiger partial charge in [-0.15, -0.1) is 0 Å². The van der Waals surface area contributed by atoms with E-state index in [0.717, 1.165) is 37.7 Å². The molecule has 6 N–H and O–H groups in total. The van der Waals surface area contributed by atoms with Crippen molar-refractivity contribution in [2.45, 2.75) is 88.1 Å². The summed E-state index contributed by atoms with van der Waals surface area (Å²) in [7, 11) is -4.79. The molecule has 0 amide bonds. The SMILES string of the molecule is NC(CO)(CCC1=CCC(OCCCC2C=CCC3=C(CCC3O)C2)C(C(F)(F)F)C1)COP(=O)(O)O. The zero-order valence-corrected chi connectivity index (χ0v) is 21.8. The van der Waals surface area contributed by atoms with E-state index in [2.05, 4.69) is 16.7 Å². The van der Waals surface area contributed by atoms with Gasteiger partial charge >= 0.3 is 14.0 Å². The van der Waals surface area contributed by atoms with E-state index in [1.54, 1.807) is 6.08 Å². The molecule has 0 aromatic rings. The fourth-order valence-corrected chi connectivity index (χ4v) is 5.85. The molecule has 0 aromatic heterocycles. The van der Waals surface area contributed by atoms with Crippen LogP contribution in [0.3, 0.4) is 0 Å². The van der Waals surface area contributed by atoms with E-state index in [0.29, 0.717) is 17.9 Å². The second-order valence-electron chi connectivity index (χ2n) is 10.6. The number of halogens is 3. The third kappa shape index (κ3) is 9.28. The first-order valence-corrected chi connectivity index (χ1v) is 14.3. The maximum Gasteiger partial charge on any atom is 0.469 e. The third-order valence-corrected chi connectivity index (χ3v) is 8.12. The van der Waals surface area contributed by atoms with Crippen molar-refractivity contribution in [2.24, 2.45) is 17.6 Å². The molecule has 0 radical (unpaired) electrons. The Morgan fingerprint density at radius 3 is 2.65 bits per heavy atom. The lowest BCUT2D eigenvalue weighted by Crippen LogP contribution is -2.48. The van der Waals surface area contributed by atoms with E-state index >= 15 is 0 Å². The molecule has 5 unspecified atom stereocenters. The molecule has 0 bridgehead atoms. The average molecular weight is 554 g/mol. The van der Waals surface area contributed by atoms with Gasteiger partial charge in [-0.1, -0.05) is 29.4 Å². The Balaban J connectivity index is 1.49. The monoisotopic (exact) mass is 553 g/mol. The smallest absolute Gasteiger partial charge is 0.394 e. The van der Waals surface area contributed by atoms with Gasteiger partial charge in [0.05, 0.1) is 36.9 Å². The zero-order valence-electron chi connectivity index (χ0n) is 20.9. The molecule has 12 heteroatoms. The van der Waals surface area contributed by atoms with Crippen LogP contribution in [0.25, 0.3) is 0 Å². The number of hydrogen-bond acceptors (Lipinski definition) is 6. The molecule has 3 aliphatic rings. The van der Waals surface area contributed by atoms with Crippen LogP contribution in [0.15, 0.2) is 34.9 Å². The van der Waals surface area contributed by atoms with E-state index in [9.17, 15) is 27.9 Å². The lowest BCUT2D eigenvalue weighted by Gasteiger charge is -2.34. The number of alkyl halides is 3. The Bertz CT molecular complexity index is 916. The van der Waals surface area contributed by atoms with Crippen molar-refractivity contribution < 1.29 is 47.0 Å². The van der Waals surface area contributed by atoms with Crippen molar-refractivity contribution in [3.05, 3.63) is 34.9 Å². The van der Waals surface area contributed by atoms with Gasteiger partial charge in [0.2, 0.25) is 0 Å². The van der Waals surface area contributed by atoms with Crippen molar-refractivity contribution in [1.82, 2.24) is 0 Å². The number of aliphatic hydroxyl groups is 2. The predicted octanol–water partition coefficient (Wildman–Crippen LogP) is 4.05. The Kier molecular flexibility index (Phi) is 10.6. The van der Waals surface area contributed by atoms with Crippen LogP contribution in [0.5, 0.6) is 0 Å². The van der Waals surface area contributed by atoms with Crippen LogP contribution in [-0.4, -0.2) is 63.7 Å². The lowest BCUT2D eigenvalue weighted by atomic mass is 9.82. The molecule has 0 saturated heterocycles. The molecule has 212 valence electrons. The highest BCUT2D eigenvalue weighted by Gasteiger charge is 2.46. The highest BCUT2D eigenvalue weighted by atomic mass is 31.2. The van der Waals surface area contributed by atoms with Gasteiger partial charge in [-0.3, -0.25) is 4.52 Å². The second-order valence-corrected chi connectivity index (χ2v) is 11.8. The Morgan fingerprint density at radius 1 is 1.22 bits per heavy atom. The largest absolute Gasteiger partial charge is 0.469 e. The van der Waals surface area contributed by atoms with Gasteiger partial charge in [-0.2, -0.15) is 13.2 Å². The first kappa shape index (κ1) is 30.5. The number of ether oxygens (including phenoxy) is 1. The summed E-state index contributed by atoms with van der Waals surface area (Å²) in [5, 5.41) is 19.6. The maximum absolute atomic E-state index is 13.8. The van der Waals surface area contributed by atoms with Gasteiger partial charge in [-0.05, 0) is 75.7 Å². The fraction of sp³-hybridized carbons (Fsp3) is 0.760. The first-order valence-electron chi connectivity index (χ1n) is 12.8. The van der Waals surface area contributed by atoms with Crippen LogP contribution in [-0.2, 0) is 13.8 Å². The Labute approximate surface area is 215 Å². The topological polar surface area (TPSA) is 142 Å². The first-order chi connectivity index (χ1) is 17.3. The molecule has 0 heterocycles. The summed E-state index contributed by atoms with van der Waals surface area (Å²) in [4.78, 5) is 17.7. The highest BCUT2D eigenvalue weighted by Crippen LogP contribution is 2.42. The van der Waals surface area contributed by atoms with Crippen LogP contribution in [0.4, 0.5) is 13.2 Å². The molecule has 37 heavy (non-hydrogen) atoms. The summed E-state index contributed by atoms with van der Waals surface area (Å²) < 4.78 is 62.6. The van der Waals surface area contributed by atoms with Crippen molar-refractivity contribution in [3.63, 3.8) is 0 Å². The van der Waals surface area contributed by atoms with Gasteiger partial charge in [0.15, 0.2) is 0 Å². The number of nitrogens with two attached hydrogens (primary N) is 1. The van der Waals surface area contributed by atoms with E-state index in [1.807, 2.05) is 0 Å². The average Bonchev–Trinajstić information content (AvgIpc) is 3.04. The van der Waals surface area contributed by atoms with Crippen molar-refractivity contribution in [2.75, 3.05) is 19.8 Å². The number of phosphoric ester groups is 1. The summed E-state index contributed by atoms with van der Waals surface area (Å²) in [6, 6.07) is 0. The molecule has 0 aliphatic heterocycles. The van der Waals surface area contributed by atoms with Crippen molar-refractivity contribution >= 4 is 7.82 Å². The van der Waals surface area contributed by atoms with E-state index in [-0.39, 0.29) is 38.4 Å². The van der Waals surface area contributed by atoms with Crippen LogP contribution >= 0.6 is 7.82 Å². The maximum atomic E-state index is 13.8. The minimum Gasteiger partial charge on any atom is -0.394 e. The minimum atomic E-state index is -4.79. The third-order valence-electron chi connectivity index (χ3n) is 7.65. The molecular formula is C25H39F3NO7P. The summed E-state index contributed by atoms with van der Waals surface area (Å²) >= 11 is 0. The van der Waals surface area contributed by atoms with Crippen LogP contribution < -0.4 is 5.73 Å². The highest BCUT2D eigenvalue weighted by molar-refractivity contribution is 7.46. The van der Waals surface area contributed by atoms with Crippen LogP contribution in [0, 0.1) is 11.8 Å². The predicted molar refractivity (Wildman–Crippen MR) is 131 cm³/mol. The van der Waals surface area contributed by atoms with Gasteiger partial charge in [0, 0.05) is 6.61 Å². The summed E-state index contributed by atoms with van der Waals surface area (Å²) in [6.07, 6.45) is 4.98. The van der Waals surface area contributed by atoms with Crippen LogP contribution in [0.2, 0.25) is 0 Å². The minimum absolute atomic E-state index is 0.00944. The second kappa shape index (κ2) is 12.9. The number of rotatable bonds is 12. The molecule has 0 aromatic carbocycles. The summed E-state index contributed by atoms with van der Waals surface area (Å²) in [6.45, 7) is -1.02. The van der Waals surface area contributed by atoms with E-state index < -0.39 is 44.8 Å². The number of aliphatic hydroxyl groups excluding tert-OH is 2. The van der Waals surface area contributed by atoms with Crippen molar-refractivity contribution in [1.29, 1.82) is 0 Å². The van der Waals surface area contributed by atoms with Gasteiger partial charge in [0.25, 0.3) is 0 Å². The van der Waals surface area contributed by atoms with Gasteiger partial charge in [0.1, 0.15) is 0 Å². The van der Waals surface area contributed by atoms with Gasteiger partial charge in [-0.25, -0.2) is 4.57 Å². The summed E-state index contributed by atoms with van der Waals surface area (Å²) in [5.74, 6) is -1.36. The normalized spacial score (nSPS) is 28.6. The Hall–Kier alpha value is -1.04. The summed E-state index contributed by atoms with van der Waals surface area (Å²) in [5.41, 5.74) is 7.44. The number of hydrogen-bond donors (Lipinski definition) is 5. The molecule has 3 aliphatic carbocycles.